The molecular formula is C15H17N5O2. The van der Waals surface area contributed by atoms with Gasteiger partial charge in [-0.25, -0.2) is 4.98 Å². The minimum Gasteiger partial charge on any atom is -0.497 e. The third kappa shape index (κ3) is 2.52. The number of fused-ring (bicyclic) bond motifs is 1. The van der Waals surface area contributed by atoms with Gasteiger partial charge in [-0.15, -0.1) is 0 Å². The van der Waals surface area contributed by atoms with Gasteiger partial charge < -0.3 is 10.1 Å². The molecule has 0 spiro atoms. The molecule has 2 N–H and O–H groups in total. The fourth-order valence-corrected chi connectivity index (χ4v) is 2.15. The van der Waals surface area contributed by atoms with Crippen LogP contribution in [0.1, 0.15) is 17.1 Å². The summed E-state index contributed by atoms with van der Waals surface area (Å²) in [7, 11) is 1.63. The van der Waals surface area contributed by atoms with Crippen molar-refractivity contribution in [3.63, 3.8) is 0 Å². The van der Waals surface area contributed by atoms with Crippen molar-refractivity contribution >= 4 is 11.5 Å². The lowest BCUT2D eigenvalue weighted by molar-refractivity contribution is 0.415. The standard InChI is InChI=1S/C15H17N5O2/c1-9-10(2)17-15-18-13(19-20(15)14(9)21)8-16-11-5-4-6-12(7-11)22-3/h4-7,16H,8H2,1-3H3,(H,17,18,19). The first-order valence-electron chi connectivity index (χ1n) is 6.91. The van der Waals surface area contributed by atoms with E-state index in [2.05, 4.69) is 20.4 Å². The van der Waals surface area contributed by atoms with Crippen molar-refractivity contribution in [3.8, 4) is 5.75 Å². The van der Waals surface area contributed by atoms with E-state index in [1.165, 1.54) is 4.52 Å². The summed E-state index contributed by atoms with van der Waals surface area (Å²) in [5.74, 6) is 1.80. The van der Waals surface area contributed by atoms with Crippen molar-refractivity contribution in [1.29, 1.82) is 0 Å². The Hall–Kier alpha value is -2.83. The van der Waals surface area contributed by atoms with E-state index >= 15 is 0 Å². The first-order valence-corrected chi connectivity index (χ1v) is 6.91. The molecule has 0 bridgehead atoms. The summed E-state index contributed by atoms with van der Waals surface area (Å²) in [5.41, 5.74) is 2.10. The number of nitrogens with one attached hydrogen (secondary N) is 2. The zero-order valence-electron chi connectivity index (χ0n) is 12.7. The molecule has 0 unspecified atom stereocenters. The monoisotopic (exact) mass is 299 g/mol. The number of H-pyrrole nitrogens is 1. The first-order chi connectivity index (χ1) is 10.6. The van der Waals surface area contributed by atoms with Crippen LogP contribution in [0.5, 0.6) is 5.75 Å². The van der Waals surface area contributed by atoms with Gasteiger partial charge >= 0.3 is 0 Å². The quantitative estimate of drug-likeness (QED) is 0.765. The number of ether oxygens (including phenoxy) is 1. The van der Waals surface area contributed by atoms with Crippen molar-refractivity contribution in [2.45, 2.75) is 20.4 Å². The van der Waals surface area contributed by atoms with E-state index in [9.17, 15) is 4.79 Å². The molecule has 3 rings (SSSR count). The van der Waals surface area contributed by atoms with E-state index in [4.69, 9.17) is 4.74 Å². The smallest absolute Gasteiger partial charge is 0.277 e. The first kappa shape index (κ1) is 14.1. The van der Waals surface area contributed by atoms with Crippen molar-refractivity contribution in [1.82, 2.24) is 19.6 Å². The Bertz CT molecular complexity index is 881. The molecule has 114 valence electrons. The van der Waals surface area contributed by atoms with Crippen LogP contribution >= 0.6 is 0 Å². The molecule has 0 aliphatic heterocycles. The highest BCUT2D eigenvalue weighted by Crippen LogP contribution is 2.17. The minimum atomic E-state index is -0.123. The fourth-order valence-electron chi connectivity index (χ4n) is 2.15. The lowest BCUT2D eigenvalue weighted by atomic mass is 10.3. The Morgan fingerprint density at radius 1 is 1.32 bits per heavy atom. The van der Waals surface area contributed by atoms with Gasteiger partial charge in [-0.05, 0) is 26.0 Å². The van der Waals surface area contributed by atoms with E-state index in [1.807, 2.05) is 24.3 Å². The number of aromatic amines is 1. The third-order valence-corrected chi connectivity index (χ3v) is 3.54. The number of aromatic nitrogens is 4. The lowest BCUT2D eigenvalue weighted by Gasteiger charge is -2.05. The molecule has 0 aliphatic rings. The van der Waals surface area contributed by atoms with Crippen LogP contribution in [-0.2, 0) is 6.54 Å². The molecule has 3 aromatic rings. The number of nitrogens with zero attached hydrogens (tertiary/aromatic N) is 3. The molecule has 1 aromatic carbocycles. The molecule has 2 aromatic heterocycles. The van der Waals surface area contributed by atoms with E-state index in [-0.39, 0.29) is 5.56 Å². The van der Waals surface area contributed by atoms with E-state index in [0.29, 0.717) is 29.4 Å². The topological polar surface area (TPSA) is 84.3 Å². The van der Waals surface area contributed by atoms with Gasteiger partial charge in [0.15, 0.2) is 0 Å². The van der Waals surface area contributed by atoms with Crippen LogP contribution in [0.4, 0.5) is 5.69 Å². The number of rotatable bonds is 4. The predicted octanol–water partition coefficient (Wildman–Crippen LogP) is 1.66. The van der Waals surface area contributed by atoms with Gasteiger partial charge in [0, 0.05) is 23.0 Å². The summed E-state index contributed by atoms with van der Waals surface area (Å²) in [6, 6.07) is 7.60. The Balaban J connectivity index is 1.85. The summed E-state index contributed by atoms with van der Waals surface area (Å²) < 4.78 is 6.54. The minimum absolute atomic E-state index is 0.123. The van der Waals surface area contributed by atoms with Crippen LogP contribution in [0.2, 0.25) is 0 Å². The molecule has 7 nitrogen and oxygen atoms in total. The highest BCUT2D eigenvalue weighted by Gasteiger charge is 2.09. The zero-order valence-corrected chi connectivity index (χ0v) is 12.7. The van der Waals surface area contributed by atoms with Gasteiger partial charge in [0.2, 0.25) is 0 Å². The number of aryl methyl sites for hydroxylation is 1. The van der Waals surface area contributed by atoms with Crippen LogP contribution in [0.15, 0.2) is 29.1 Å². The van der Waals surface area contributed by atoms with E-state index < -0.39 is 0 Å². The van der Waals surface area contributed by atoms with Crippen molar-refractivity contribution < 1.29 is 4.74 Å². The van der Waals surface area contributed by atoms with E-state index in [0.717, 1.165) is 11.4 Å². The molecule has 0 radical (unpaired) electrons. The molecule has 2 heterocycles. The van der Waals surface area contributed by atoms with Gasteiger partial charge in [0.05, 0.1) is 13.7 Å². The van der Waals surface area contributed by atoms with Gasteiger partial charge in [0.1, 0.15) is 11.6 Å². The summed E-state index contributed by atoms with van der Waals surface area (Å²) in [4.78, 5) is 20.8. The Morgan fingerprint density at radius 3 is 2.91 bits per heavy atom. The molecule has 0 saturated carbocycles. The molecule has 0 aliphatic carbocycles. The molecule has 0 fully saturated rings. The fraction of sp³-hybridized carbons (Fsp3) is 0.267. The van der Waals surface area contributed by atoms with Crippen molar-refractivity contribution in [2.75, 3.05) is 12.4 Å². The SMILES string of the molecule is COc1cccc(NCc2nc3nc(C)c(C)c(=O)n3[nH]2)c1. The van der Waals surface area contributed by atoms with Crippen LogP contribution < -0.4 is 15.6 Å². The summed E-state index contributed by atoms with van der Waals surface area (Å²) in [6.07, 6.45) is 0. The Morgan fingerprint density at radius 2 is 2.14 bits per heavy atom. The predicted molar refractivity (Wildman–Crippen MR) is 83.4 cm³/mol. The summed E-state index contributed by atoms with van der Waals surface area (Å²) in [5, 5.41) is 6.20. The van der Waals surface area contributed by atoms with Crippen LogP contribution in [0.25, 0.3) is 5.78 Å². The van der Waals surface area contributed by atoms with Gasteiger partial charge in [-0.1, -0.05) is 6.07 Å². The van der Waals surface area contributed by atoms with Crippen LogP contribution in [0, 0.1) is 13.8 Å². The number of methoxy groups -OCH3 is 1. The highest BCUT2D eigenvalue weighted by molar-refractivity contribution is 5.48. The van der Waals surface area contributed by atoms with Gasteiger partial charge in [0.25, 0.3) is 11.3 Å². The molecule has 0 saturated heterocycles. The van der Waals surface area contributed by atoms with E-state index in [1.54, 1.807) is 21.0 Å². The maximum absolute atomic E-state index is 12.1. The Kier molecular flexibility index (Phi) is 3.54. The highest BCUT2D eigenvalue weighted by atomic mass is 16.5. The second kappa shape index (κ2) is 5.51. The molecular weight excluding hydrogens is 282 g/mol. The maximum Gasteiger partial charge on any atom is 0.277 e. The number of benzene rings is 1. The Labute approximate surface area is 127 Å². The number of hydrogen-bond acceptors (Lipinski definition) is 5. The number of hydrogen-bond donors (Lipinski definition) is 2. The summed E-state index contributed by atoms with van der Waals surface area (Å²) >= 11 is 0. The summed E-state index contributed by atoms with van der Waals surface area (Å²) in [6.45, 7) is 4.01. The molecule has 0 atom stereocenters. The normalized spacial score (nSPS) is 10.9. The third-order valence-electron chi connectivity index (χ3n) is 3.54. The van der Waals surface area contributed by atoms with Crippen LogP contribution in [0.3, 0.4) is 0 Å². The second-order valence-corrected chi connectivity index (χ2v) is 5.02. The molecule has 22 heavy (non-hydrogen) atoms. The maximum atomic E-state index is 12.1. The zero-order chi connectivity index (χ0) is 15.7. The van der Waals surface area contributed by atoms with Gasteiger partial charge in [-0.2, -0.15) is 9.50 Å². The number of anilines is 1. The second-order valence-electron chi connectivity index (χ2n) is 5.02. The average Bonchev–Trinajstić information content (AvgIpc) is 2.94. The van der Waals surface area contributed by atoms with Gasteiger partial charge in [-0.3, -0.25) is 9.89 Å². The molecule has 7 heteroatoms. The van der Waals surface area contributed by atoms with Crippen molar-refractivity contribution in [2.24, 2.45) is 0 Å². The average molecular weight is 299 g/mol. The van der Waals surface area contributed by atoms with Crippen molar-refractivity contribution in [3.05, 3.63) is 51.7 Å². The largest absolute Gasteiger partial charge is 0.497 e. The molecule has 0 amide bonds. The van der Waals surface area contributed by atoms with Crippen LogP contribution in [-0.4, -0.2) is 26.7 Å². The lowest BCUT2D eigenvalue weighted by Crippen LogP contribution is -2.19.